The van der Waals surface area contributed by atoms with Crippen LogP contribution in [0, 0.1) is 50.8 Å². The summed E-state index contributed by atoms with van der Waals surface area (Å²) in [6.45, 7) is 0. The minimum atomic E-state index is -1.16. The second-order valence-corrected chi connectivity index (χ2v) is 17.8. The maximum Gasteiger partial charge on any atom is 0.373 e. The van der Waals surface area contributed by atoms with Gasteiger partial charge in [-0.15, -0.1) is 0 Å². The van der Waals surface area contributed by atoms with Crippen molar-refractivity contribution in [3.8, 4) is 10.1 Å². The molecule has 0 saturated carbocycles. The molecule has 6 aromatic rings. The summed E-state index contributed by atoms with van der Waals surface area (Å²) in [5, 5.41) is 9.97. The van der Waals surface area contributed by atoms with Crippen LogP contribution in [0.4, 0.5) is 53.5 Å². The average molecular weight is 940 g/mol. The fourth-order valence-corrected chi connectivity index (χ4v) is 12.4. The number of fused-ring (bicyclic) bond motifs is 1. The van der Waals surface area contributed by atoms with Crippen molar-refractivity contribution >= 4 is 88.4 Å². The molecule has 1 heterocycles. The average Bonchev–Trinajstić information content (AvgIpc) is 3.48. The van der Waals surface area contributed by atoms with E-state index in [0.29, 0.717) is 27.0 Å². The fraction of sp³-hybridized carbons (Fsp3) is 0.0588. The van der Waals surface area contributed by atoms with Gasteiger partial charge in [0.1, 0.15) is 0 Å². The summed E-state index contributed by atoms with van der Waals surface area (Å²) in [4.78, 5) is 29.4. The first-order valence-corrected chi connectivity index (χ1v) is 21.2. The molecular weight excluding hydrogens is 912 g/mol. The number of nitro groups is 1. The van der Waals surface area contributed by atoms with Crippen LogP contribution in [0.1, 0.15) is 14.9 Å². The second kappa shape index (κ2) is 21.5. The fourth-order valence-electron chi connectivity index (χ4n) is 3.68. The van der Waals surface area contributed by atoms with Gasteiger partial charge in [-0.05, 0) is 12.1 Å². The van der Waals surface area contributed by atoms with Gasteiger partial charge >= 0.3 is 238 Å². The molecule has 0 atom stereocenters. The Hall–Kier alpha value is -4.98. The Morgan fingerprint density at radius 2 is 1.09 bits per heavy atom. The monoisotopic (exact) mass is 943 g/mol. The molecule has 0 radical (unpaired) electrons. The van der Waals surface area contributed by atoms with Crippen LogP contribution in [0.2, 0.25) is 0 Å². The van der Waals surface area contributed by atoms with Gasteiger partial charge in [-0.25, -0.2) is 0 Å². The Morgan fingerprint density at radius 3 is 1.51 bits per heavy atom. The summed E-state index contributed by atoms with van der Waals surface area (Å²) in [5.74, 6) is -4.98. The molecule has 0 spiro atoms. The Balaban J connectivity index is 0.000000388. The van der Waals surface area contributed by atoms with E-state index in [1.54, 1.807) is 18.2 Å². The number of aromatic nitrogens is 1. The first kappa shape index (κ1) is 46.0. The van der Waals surface area contributed by atoms with Crippen molar-refractivity contribution in [2.24, 2.45) is 0 Å². The molecule has 1 aromatic heterocycles. The summed E-state index contributed by atoms with van der Waals surface area (Å²) >= 11 is 0.0193. The predicted molar refractivity (Wildman–Crippen MR) is 192 cm³/mol. The molecule has 5 aromatic carbocycles. The SMILES string of the molecule is C.C.Nc1c(F)cc(-c2nc3cc(F)ccc3[se]2)cc1F.Nc1cc(F)ccc1[Se][Se]c1ccc(F)cc1N.O=C=O.O=[N+]([O-])c1c(F)cccc1F. The first-order valence-electron chi connectivity index (χ1n) is 13.5. The normalized spacial score (nSPS) is 9.72. The summed E-state index contributed by atoms with van der Waals surface area (Å²) in [6, 6.07) is 18.2. The van der Waals surface area contributed by atoms with Crippen molar-refractivity contribution in [2.75, 3.05) is 17.2 Å². The number of anilines is 3. The van der Waals surface area contributed by atoms with E-state index in [1.165, 1.54) is 36.4 Å². The van der Waals surface area contributed by atoms with Crippen LogP contribution >= 0.6 is 0 Å². The zero-order chi connectivity index (χ0) is 37.8. The van der Waals surface area contributed by atoms with E-state index >= 15 is 0 Å². The Labute approximate surface area is 315 Å². The van der Waals surface area contributed by atoms with E-state index in [-0.39, 0.29) is 79.2 Å². The largest absolute Gasteiger partial charge is 0.373 e. The van der Waals surface area contributed by atoms with Gasteiger partial charge in [-0.1, -0.05) is 20.9 Å². The van der Waals surface area contributed by atoms with Crippen LogP contribution in [0.3, 0.4) is 0 Å². The molecule has 280 valence electrons. The molecule has 6 N–H and O–H groups in total. The first-order chi connectivity index (χ1) is 24.1. The zero-order valence-electron chi connectivity index (χ0n) is 25.2. The van der Waals surface area contributed by atoms with E-state index in [1.807, 2.05) is 0 Å². The van der Waals surface area contributed by atoms with Crippen molar-refractivity contribution in [2.45, 2.75) is 14.9 Å². The van der Waals surface area contributed by atoms with Crippen LogP contribution in [-0.2, 0) is 9.59 Å². The Morgan fingerprint density at radius 1 is 0.660 bits per heavy atom. The molecule has 19 heteroatoms. The third-order valence-corrected chi connectivity index (χ3v) is 15.5. The molecule has 6 rings (SSSR count). The van der Waals surface area contributed by atoms with Gasteiger partial charge in [0.15, 0.2) is 0 Å². The van der Waals surface area contributed by atoms with Crippen LogP contribution in [0.5, 0.6) is 0 Å². The maximum absolute atomic E-state index is 13.4. The number of hydrogen-bond donors (Lipinski definition) is 3. The summed E-state index contributed by atoms with van der Waals surface area (Å²) in [6.07, 6.45) is 0.250. The maximum atomic E-state index is 13.4. The molecule has 0 aliphatic heterocycles. The van der Waals surface area contributed by atoms with Gasteiger partial charge < -0.3 is 0 Å². The molecule has 0 bridgehead atoms. The summed E-state index contributed by atoms with van der Waals surface area (Å²) < 4.78 is 93.9. The minimum absolute atomic E-state index is 0. The summed E-state index contributed by atoms with van der Waals surface area (Å²) in [5.41, 5.74) is 16.9. The number of nitro benzene ring substituents is 1. The Bertz CT molecular complexity index is 2130. The molecule has 0 fully saturated rings. The third kappa shape index (κ3) is 13.2. The van der Waals surface area contributed by atoms with Crippen molar-refractivity contribution in [1.29, 1.82) is 0 Å². The molecule has 0 saturated heterocycles. The van der Waals surface area contributed by atoms with E-state index in [9.17, 15) is 40.8 Å². The minimum Gasteiger partial charge on any atom is -0.258 e. The van der Waals surface area contributed by atoms with Gasteiger partial charge in [0.05, 0.1) is 4.92 Å². The van der Waals surface area contributed by atoms with E-state index < -0.39 is 39.6 Å². The van der Waals surface area contributed by atoms with E-state index in [2.05, 4.69) is 4.98 Å². The third-order valence-electron chi connectivity index (χ3n) is 5.96. The van der Waals surface area contributed by atoms with Gasteiger partial charge in [-0.2, -0.15) is 18.4 Å². The number of hydrogen-bond acceptors (Lipinski definition) is 8. The number of nitrogen functional groups attached to an aromatic ring is 3. The van der Waals surface area contributed by atoms with Crippen molar-refractivity contribution < 1.29 is 45.2 Å². The molecule has 53 heavy (non-hydrogen) atoms. The van der Waals surface area contributed by atoms with Crippen LogP contribution in [0.15, 0.2) is 84.9 Å². The van der Waals surface area contributed by atoms with Crippen molar-refractivity contribution in [3.63, 3.8) is 0 Å². The van der Waals surface area contributed by atoms with E-state index in [0.717, 1.165) is 43.5 Å². The zero-order valence-corrected chi connectivity index (χ0v) is 30.4. The van der Waals surface area contributed by atoms with Gasteiger partial charge in [0, 0.05) is 0 Å². The number of halogens is 7. The predicted octanol–water partition coefficient (Wildman–Crippen LogP) is 5.92. The van der Waals surface area contributed by atoms with Gasteiger partial charge in [0.2, 0.25) is 11.6 Å². The molecule has 0 unspecified atom stereocenters. The topological polar surface area (TPSA) is 168 Å². The summed E-state index contributed by atoms with van der Waals surface area (Å²) in [7, 11) is 0. The number of carbonyl (C=O) groups excluding carboxylic acids is 2. The van der Waals surface area contributed by atoms with Crippen LogP contribution < -0.4 is 26.1 Å². The van der Waals surface area contributed by atoms with Gasteiger partial charge in [0.25, 0.3) is 0 Å². The van der Waals surface area contributed by atoms with Crippen LogP contribution in [0.25, 0.3) is 19.9 Å². The number of nitrogens with zero attached hydrogens (tertiary/aromatic N) is 2. The van der Waals surface area contributed by atoms with Gasteiger partial charge in [-0.3, -0.25) is 10.1 Å². The number of benzene rings is 5. The number of rotatable bonds is 5. The molecule has 0 amide bonds. The smallest absolute Gasteiger partial charge is 0.258 e. The molecule has 0 aliphatic rings. The molecule has 0 aliphatic carbocycles. The van der Waals surface area contributed by atoms with Crippen molar-refractivity contribution in [1.82, 2.24) is 4.98 Å². The standard InChI is InChI=1S/C13H7F3N2Se.C12H10F2N2Se2.C6H3F2NO2.CO2.2CH4/c14-7-1-2-11-10(5-7)18-13(19-11)6-3-8(15)12(17)9(16)4-6;13-7-1-3-11(9(15)5-7)17-18-12-4-2-8(14)6-10(12)16;7-4-2-1-3-5(8)6(4)9(10)11;2-1-3;;/h1-5H,17H2;1-6H,15-16H2;1-3H;;2*1H4. The number of para-hydroxylation sites is 1. The quantitative estimate of drug-likeness (QED) is 0.0630. The Kier molecular flexibility index (Phi) is 18.7. The number of nitrogens with two attached hydrogens (primary N) is 3. The molecule has 9 nitrogen and oxygen atoms in total. The second-order valence-electron chi connectivity index (χ2n) is 9.43. The van der Waals surface area contributed by atoms with Crippen molar-refractivity contribution in [3.05, 3.63) is 136 Å². The van der Waals surface area contributed by atoms with Crippen LogP contribution in [-0.4, -0.2) is 56.8 Å². The van der Waals surface area contributed by atoms with E-state index in [4.69, 9.17) is 26.8 Å². The molecular formula is C34H28F7N5O4Se3.